The Labute approximate surface area is 251 Å². The molecule has 0 aliphatic rings. The highest BCUT2D eigenvalue weighted by Gasteiger charge is 2.22. The lowest BCUT2D eigenvalue weighted by Crippen LogP contribution is -2.37. The number of nitrogens with zero attached hydrogens (tertiary/aromatic N) is 3. The molecule has 0 spiro atoms. The third kappa shape index (κ3) is 6.05. The van der Waals surface area contributed by atoms with Gasteiger partial charge in [-0.05, 0) is 41.5 Å². The van der Waals surface area contributed by atoms with E-state index in [0.717, 1.165) is 6.33 Å². The zero-order valence-corrected chi connectivity index (χ0v) is 23.1. The number of amides is 3. The summed E-state index contributed by atoms with van der Waals surface area (Å²) >= 11 is 0. The van der Waals surface area contributed by atoms with Gasteiger partial charge in [-0.15, -0.1) is 0 Å². The van der Waals surface area contributed by atoms with Crippen molar-refractivity contribution in [3.8, 4) is 0 Å². The number of rotatable bonds is 11. The van der Waals surface area contributed by atoms with Gasteiger partial charge in [0.05, 0.1) is 5.56 Å². The summed E-state index contributed by atoms with van der Waals surface area (Å²) in [5.74, 6) is -4.04. The van der Waals surface area contributed by atoms with Crippen LogP contribution < -0.4 is 38.3 Å². The summed E-state index contributed by atoms with van der Waals surface area (Å²) in [7, 11) is 0. The van der Waals surface area contributed by atoms with Crippen molar-refractivity contribution in [1.82, 2.24) is 25.0 Å². The van der Waals surface area contributed by atoms with Crippen LogP contribution in [-0.4, -0.2) is 43.2 Å². The minimum atomic E-state index is -1.10. The molecule has 2 aromatic heterocycles. The molecule has 2 heterocycles. The number of hydrogen-bond acceptors (Lipinski definition) is 10. The van der Waals surface area contributed by atoms with E-state index in [2.05, 4.69) is 25.9 Å². The van der Waals surface area contributed by atoms with Gasteiger partial charge in [0.1, 0.15) is 34.9 Å². The number of fused-ring (bicyclic) bond motifs is 1. The Kier molecular flexibility index (Phi) is 8.03. The number of nitrogens with one attached hydrogen (secondary N) is 3. The van der Waals surface area contributed by atoms with E-state index in [1.54, 1.807) is 0 Å². The first kappa shape index (κ1) is 30.0. The molecule has 0 bridgehead atoms. The van der Waals surface area contributed by atoms with Gasteiger partial charge in [-0.2, -0.15) is 0 Å². The van der Waals surface area contributed by atoms with Crippen LogP contribution in [0.2, 0.25) is 0 Å². The molecule has 0 radical (unpaired) electrons. The van der Waals surface area contributed by atoms with Crippen LogP contribution in [0.5, 0.6) is 0 Å². The number of aromatic nitrogens is 3. The number of anilines is 2. The largest absolute Gasteiger partial charge is 0.478 e. The van der Waals surface area contributed by atoms with E-state index in [1.807, 2.05) is 0 Å². The maximum atomic E-state index is 14.4. The van der Waals surface area contributed by atoms with Crippen molar-refractivity contribution in [2.24, 2.45) is 5.73 Å². The minimum Gasteiger partial charge on any atom is -0.478 e. The number of imidazole rings is 1. The number of carbonyl (C=O) groups excluding carboxylic acids is 3. The number of primary amides is 1. The number of nitrogens with two attached hydrogens (primary N) is 2. The standard InChI is InChI=1S/C29H23FN8O7/c30-17-6-3-14(7-16(17)11-33-21-20(31)23(39)24(21)40)10-35-28(43)19-8-18(37-26-22(25(32)41)36-12-38(19)26)27(42)34-9-13-1-4-15(5-2-13)29(44)45/h1-8,12,33H,9-11,31H2,(H2,32,41)(H,34,42)(H,35,43)(H,44,45). The van der Waals surface area contributed by atoms with E-state index >= 15 is 0 Å². The van der Waals surface area contributed by atoms with Crippen molar-refractivity contribution >= 4 is 40.7 Å². The number of benzene rings is 2. The molecule has 45 heavy (non-hydrogen) atoms. The third-order valence-corrected chi connectivity index (χ3v) is 6.82. The van der Waals surface area contributed by atoms with Crippen molar-refractivity contribution in [2.45, 2.75) is 19.6 Å². The topological polar surface area (TPSA) is 241 Å². The van der Waals surface area contributed by atoms with Crippen molar-refractivity contribution in [1.29, 1.82) is 0 Å². The van der Waals surface area contributed by atoms with E-state index in [4.69, 9.17) is 16.6 Å². The second-order valence-corrected chi connectivity index (χ2v) is 9.77. The minimum absolute atomic E-state index is 0.00512. The van der Waals surface area contributed by atoms with E-state index in [9.17, 15) is 33.2 Å². The molecule has 0 fully saturated rings. The van der Waals surface area contributed by atoms with Crippen molar-refractivity contribution in [3.05, 3.63) is 120 Å². The van der Waals surface area contributed by atoms with Crippen LogP contribution >= 0.6 is 0 Å². The molecule has 5 aromatic rings. The highest BCUT2D eigenvalue weighted by molar-refractivity contribution is 6.01. The molecule has 0 unspecified atom stereocenters. The molecule has 228 valence electrons. The Balaban J connectivity index is 1.34. The summed E-state index contributed by atoms with van der Waals surface area (Å²) in [6.45, 7) is -0.241. The molecule has 5 rings (SSSR count). The summed E-state index contributed by atoms with van der Waals surface area (Å²) < 4.78 is 15.6. The average Bonchev–Trinajstić information content (AvgIpc) is 3.47. The lowest BCUT2D eigenvalue weighted by molar-refractivity contribution is 0.0696. The molecule has 15 nitrogen and oxygen atoms in total. The summed E-state index contributed by atoms with van der Waals surface area (Å²) in [6.07, 6.45) is 1.15. The Bertz CT molecular complexity index is 2080. The summed E-state index contributed by atoms with van der Waals surface area (Å²) in [5.41, 5.74) is 9.50. The number of carboxylic acids is 1. The Morgan fingerprint density at radius 1 is 0.889 bits per heavy atom. The van der Waals surface area contributed by atoms with Gasteiger partial charge in [0, 0.05) is 25.2 Å². The lowest BCUT2D eigenvalue weighted by atomic mass is 10.1. The van der Waals surface area contributed by atoms with Crippen LogP contribution in [-0.2, 0) is 19.6 Å². The van der Waals surface area contributed by atoms with Crippen molar-refractivity contribution in [3.63, 3.8) is 0 Å². The highest BCUT2D eigenvalue weighted by Crippen LogP contribution is 2.17. The van der Waals surface area contributed by atoms with Crippen molar-refractivity contribution < 1.29 is 28.7 Å². The molecular formula is C29H23FN8O7. The van der Waals surface area contributed by atoms with E-state index in [0.29, 0.717) is 11.1 Å². The number of halogens is 1. The molecule has 0 aliphatic carbocycles. The third-order valence-electron chi connectivity index (χ3n) is 6.82. The van der Waals surface area contributed by atoms with Crippen LogP contribution in [0.3, 0.4) is 0 Å². The number of nitrogen functional groups attached to an aromatic ring is 1. The number of carboxylic acid groups (broad SMARTS) is 1. The van der Waals surface area contributed by atoms with Gasteiger partial charge < -0.3 is 32.5 Å². The first-order chi connectivity index (χ1) is 21.4. The zero-order valence-electron chi connectivity index (χ0n) is 23.1. The fraction of sp³-hybridized carbons (Fsp3) is 0.103. The van der Waals surface area contributed by atoms with Crippen LogP contribution in [0.1, 0.15) is 58.5 Å². The Morgan fingerprint density at radius 2 is 1.56 bits per heavy atom. The van der Waals surface area contributed by atoms with Crippen LogP contribution in [0, 0.1) is 5.82 Å². The molecule has 0 saturated carbocycles. The number of hydrogen-bond donors (Lipinski definition) is 6. The molecule has 8 N–H and O–H groups in total. The Morgan fingerprint density at radius 3 is 2.22 bits per heavy atom. The molecule has 0 saturated heterocycles. The molecule has 3 aromatic carbocycles. The number of aromatic carboxylic acids is 1. The van der Waals surface area contributed by atoms with Crippen LogP contribution in [0.25, 0.3) is 5.65 Å². The lowest BCUT2D eigenvalue weighted by Gasteiger charge is -2.13. The first-order valence-corrected chi connectivity index (χ1v) is 13.1. The van der Waals surface area contributed by atoms with Gasteiger partial charge >= 0.3 is 5.97 Å². The molecule has 0 aliphatic heterocycles. The molecule has 3 amide bonds. The van der Waals surface area contributed by atoms with Gasteiger partial charge in [-0.1, -0.05) is 18.2 Å². The van der Waals surface area contributed by atoms with Crippen molar-refractivity contribution in [2.75, 3.05) is 11.1 Å². The average molecular weight is 615 g/mol. The predicted molar refractivity (Wildman–Crippen MR) is 157 cm³/mol. The van der Waals surface area contributed by atoms with Gasteiger partial charge in [-0.3, -0.25) is 28.4 Å². The summed E-state index contributed by atoms with van der Waals surface area (Å²) in [4.78, 5) is 80.4. The predicted octanol–water partition coefficient (Wildman–Crippen LogP) is 0.316. The second-order valence-electron chi connectivity index (χ2n) is 9.77. The molecular weight excluding hydrogens is 591 g/mol. The number of carbonyl (C=O) groups is 4. The van der Waals surface area contributed by atoms with Gasteiger partial charge in [-0.25, -0.2) is 19.2 Å². The normalized spacial score (nSPS) is 11.0. The Hall–Kier alpha value is -6.45. The monoisotopic (exact) mass is 614 g/mol. The van der Waals surface area contributed by atoms with E-state index in [1.165, 1.54) is 52.9 Å². The molecule has 16 heteroatoms. The summed E-state index contributed by atoms with van der Waals surface area (Å²) in [6, 6.07) is 11.0. The van der Waals surface area contributed by atoms with E-state index < -0.39 is 40.4 Å². The maximum Gasteiger partial charge on any atom is 0.335 e. The van der Waals surface area contributed by atoms with Gasteiger partial charge in [0.25, 0.3) is 28.6 Å². The second kappa shape index (κ2) is 12.0. The van der Waals surface area contributed by atoms with Crippen LogP contribution in [0.15, 0.2) is 64.4 Å². The van der Waals surface area contributed by atoms with Gasteiger partial charge in [0.15, 0.2) is 11.3 Å². The quantitative estimate of drug-likeness (QED) is 0.111. The SMILES string of the molecule is NC(=O)c1ncn2c(C(=O)NCc3ccc(F)c(CNc4c(N)c(=O)c4=O)c3)cc(C(=O)NCc3ccc(C(=O)O)cc3)nc12. The molecule has 0 atom stereocenters. The smallest absolute Gasteiger partial charge is 0.335 e. The fourth-order valence-electron chi connectivity index (χ4n) is 4.39. The maximum absolute atomic E-state index is 14.4. The van der Waals surface area contributed by atoms with Crippen LogP contribution in [0.4, 0.5) is 15.8 Å². The zero-order chi connectivity index (χ0) is 32.4. The highest BCUT2D eigenvalue weighted by atomic mass is 19.1. The van der Waals surface area contributed by atoms with Gasteiger partial charge in [0.2, 0.25) is 0 Å². The van der Waals surface area contributed by atoms with E-state index in [-0.39, 0.29) is 64.9 Å². The fourth-order valence-corrected chi connectivity index (χ4v) is 4.39. The first-order valence-electron chi connectivity index (χ1n) is 13.1. The summed E-state index contributed by atoms with van der Waals surface area (Å²) in [5, 5.41) is 17.0.